The number of nitrogens with zero attached hydrogens (tertiary/aromatic N) is 1. The summed E-state index contributed by atoms with van der Waals surface area (Å²) in [7, 11) is 0. The van der Waals surface area contributed by atoms with Gasteiger partial charge in [-0.2, -0.15) is 0 Å². The summed E-state index contributed by atoms with van der Waals surface area (Å²) in [4.78, 5) is 28.0. The summed E-state index contributed by atoms with van der Waals surface area (Å²) in [6.07, 6.45) is 0.528. The molecule has 0 radical (unpaired) electrons. The van der Waals surface area contributed by atoms with E-state index >= 15 is 0 Å². The largest absolute Gasteiger partial charge is 0.333 e. The molecule has 1 atom stereocenters. The van der Waals surface area contributed by atoms with E-state index in [0.29, 0.717) is 25.1 Å². The highest BCUT2D eigenvalue weighted by Crippen LogP contribution is 2.28. The summed E-state index contributed by atoms with van der Waals surface area (Å²) < 4.78 is 1.03. The van der Waals surface area contributed by atoms with Crippen LogP contribution in [-0.4, -0.2) is 22.8 Å². The number of nitrogens with two attached hydrogens (primary N) is 1. The minimum absolute atomic E-state index is 0.0550. The molecule has 3 aromatic rings. The molecular formula is C22H20BrN3O2S. The number of carbonyl (C=O) groups is 2. The molecule has 1 aliphatic heterocycles. The van der Waals surface area contributed by atoms with Gasteiger partial charge in [0, 0.05) is 35.6 Å². The second-order valence-corrected chi connectivity index (χ2v) is 9.56. The van der Waals surface area contributed by atoms with E-state index in [4.69, 9.17) is 5.73 Å². The maximum atomic E-state index is 12.8. The number of carbonyl (C=O) groups excluding carboxylic acids is 2. The standard InChI is InChI=1S/C22H20BrN3O2S/c23-20-9-8-18(29-20)11-19(24)22(28)26-12-15-6-7-17(10-16(15)13-26)25-21(27)14-4-2-1-3-5-14/h1-10,19H,11-13,24H2,(H,25,27). The second kappa shape index (κ2) is 8.49. The number of hydrogen-bond donors (Lipinski definition) is 2. The van der Waals surface area contributed by atoms with Crippen LogP contribution in [0, 0.1) is 0 Å². The van der Waals surface area contributed by atoms with Crippen molar-refractivity contribution in [2.24, 2.45) is 5.73 Å². The molecule has 5 nitrogen and oxygen atoms in total. The SMILES string of the molecule is NC(Cc1ccc(Br)s1)C(=O)N1Cc2ccc(NC(=O)c3ccccc3)cc2C1. The Hall–Kier alpha value is -2.48. The zero-order valence-electron chi connectivity index (χ0n) is 15.6. The van der Waals surface area contributed by atoms with Gasteiger partial charge in [-0.15, -0.1) is 11.3 Å². The summed E-state index contributed by atoms with van der Waals surface area (Å²) in [6, 6.07) is 18.3. The van der Waals surface area contributed by atoms with E-state index in [1.165, 1.54) is 0 Å². The Kier molecular flexibility index (Phi) is 5.80. The van der Waals surface area contributed by atoms with Crippen LogP contribution in [0.15, 0.2) is 64.5 Å². The summed E-state index contributed by atoms with van der Waals surface area (Å²) in [5.41, 5.74) is 9.63. The number of amides is 2. The molecule has 29 heavy (non-hydrogen) atoms. The van der Waals surface area contributed by atoms with Crippen molar-refractivity contribution in [2.75, 3.05) is 5.32 Å². The van der Waals surface area contributed by atoms with Crippen molar-refractivity contribution in [1.29, 1.82) is 0 Å². The number of thiophene rings is 1. The van der Waals surface area contributed by atoms with E-state index in [0.717, 1.165) is 25.5 Å². The van der Waals surface area contributed by atoms with Gasteiger partial charge in [0.2, 0.25) is 5.91 Å². The lowest BCUT2D eigenvalue weighted by atomic mass is 10.1. The van der Waals surface area contributed by atoms with Crippen LogP contribution in [0.25, 0.3) is 0 Å². The molecule has 2 amide bonds. The summed E-state index contributed by atoms with van der Waals surface area (Å²) >= 11 is 5.03. The van der Waals surface area contributed by atoms with Crippen LogP contribution in [-0.2, 0) is 24.3 Å². The van der Waals surface area contributed by atoms with E-state index in [-0.39, 0.29) is 11.8 Å². The molecule has 7 heteroatoms. The quantitative estimate of drug-likeness (QED) is 0.588. The lowest BCUT2D eigenvalue weighted by Gasteiger charge is -2.19. The van der Waals surface area contributed by atoms with E-state index in [9.17, 15) is 9.59 Å². The Balaban J connectivity index is 1.40. The second-order valence-electron chi connectivity index (χ2n) is 7.01. The Morgan fingerprint density at radius 2 is 1.83 bits per heavy atom. The van der Waals surface area contributed by atoms with Crippen LogP contribution in [0.1, 0.15) is 26.4 Å². The smallest absolute Gasteiger partial charge is 0.255 e. The van der Waals surface area contributed by atoms with Crippen LogP contribution in [0.2, 0.25) is 0 Å². The first kappa shape index (κ1) is 19.8. The zero-order valence-corrected chi connectivity index (χ0v) is 18.0. The third-order valence-electron chi connectivity index (χ3n) is 4.90. The van der Waals surface area contributed by atoms with Gasteiger partial charge in [-0.05, 0) is 63.5 Å². The average molecular weight is 470 g/mol. The molecule has 0 fully saturated rings. The average Bonchev–Trinajstić information content (AvgIpc) is 3.33. The lowest BCUT2D eigenvalue weighted by molar-refractivity contribution is -0.133. The van der Waals surface area contributed by atoms with Gasteiger partial charge in [-0.3, -0.25) is 9.59 Å². The summed E-state index contributed by atoms with van der Waals surface area (Å²) in [5.74, 6) is -0.207. The van der Waals surface area contributed by atoms with E-state index in [1.807, 2.05) is 48.5 Å². The first-order chi connectivity index (χ1) is 14.0. The van der Waals surface area contributed by atoms with Crippen molar-refractivity contribution in [3.63, 3.8) is 0 Å². The van der Waals surface area contributed by atoms with Crippen LogP contribution in [0.5, 0.6) is 0 Å². The molecular weight excluding hydrogens is 450 g/mol. The number of nitrogens with one attached hydrogen (secondary N) is 1. The van der Waals surface area contributed by atoms with Gasteiger partial charge in [0.15, 0.2) is 0 Å². The fourth-order valence-electron chi connectivity index (χ4n) is 3.42. The van der Waals surface area contributed by atoms with Crippen LogP contribution in [0.4, 0.5) is 5.69 Å². The first-order valence-corrected chi connectivity index (χ1v) is 10.9. The van der Waals surface area contributed by atoms with Gasteiger partial charge in [0.25, 0.3) is 5.91 Å². The fraction of sp³-hybridized carbons (Fsp3) is 0.182. The molecule has 2 aromatic carbocycles. The van der Waals surface area contributed by atoms with Gasteiger partial charge in [-0.1, -0.05) is 24.3 Å². The fourth-order valence-corrected chi connectivity index (χ4v) is 4.96. The predicted octanol–water partition coefficient (Wildman–Crippen LogP) is 4.18. The summed E-state index contributed by atoms with van der Waals surface area (Å²) in [6.45, 7) is 1.05. The van der Waals surface area contributed by atoms with Crippen LogP contribution >= 0.6 is 27.3 Å². The number of benzene rings is 2. The normalized spacial score (nSPS) is 13.8. The molecule has 0 saturated carbocycles. The highest BCUT2D eigenvalue weighted by molar-refractivity contribution is 9.11. The van der Waals surface area contributed by atoms with Crippen molar-refractivity contribution in [1.82, 2.24) is 4.90 Å². The van der Waals surface area contributed by atoms with Crippen molar-refractivity contribution in [3.8, 4) is 0 Å². The molecule has 0 spiro atoms. The van der Waals surface area contributed by atoms with Crippen LogP contribution in [0.3, 0.4) is 0 Å². The van der Waals surface area contributed by atoms with Gasteiger partial charge in [0.1, 0.15) is 0 Å². The van der Waals surface area contributed by atoms with Gasteiger partial charge in [0.05, 0.1) is 9.83 Å². The molecule has 1 unspecified atom stereocenters. The molecule has 0 aliphatic carbocycles. The topological polar surface area (TPSA) is 75.4 Å². The highest BCUT2D eigenvalue weighted by Gasteiger charge is 2.27. The molecule has 0 bridgehead atoms. The molecule has 3 N–H and O–H groups in total. The maximum Gasteiger partial charge on any atom is 0.255 e. The monoisotopic (exact) mass is 469 g/mol. The van der Waals surface area contributed by atoms with Gasteiger partial charge >= 0.3 is 0 Å². The highest BCUT2D eigenvalue weighted by atomic mass is 79.9. The number of hydrogen-bond acceptors (Lipinski definition) is 4. The lowest BCUT2D eigenvalue weighted by Crippen LogP contribution is -2.42. The zero-order chi connectivity index (χ0) is 20.4. The maximum absolute atomic E-state index is 12.8. The third-order valence-corrected chi connectivity index (χ3v) is 6.55. The molecule has 2 heterocycles. The molecule has 1 aliphatic rings. The minimum atomic E-state index is -0.563. The molecule has 148 valence electrons. The Bertz CT molecular complexity index is 1050. The van der Waals surface area contributed by atoms with Crippen molar-refractivity contribution < 1.29 is 9.59 Å². The Morgan fingerprint density at radius 3 is 2.55 bits per heavy atom. The Labute approximate surface area is 181 Å². The number of fused-ring (bicyclic) bond motifs is 1. The summed E-state index contributed by atoms with van der Waals surface area (Å²) in [5, 5.41) is 2.92. The molecule has 4 rings (SSSR count). The number of halogens is 1. The Morgan fingerprint density at radius 1 is 1.07 bits per heavy atom. The number of rotatable bonds is 5. The van der Waals surface area contributed by atoms with E-state index < -0.39 is 6.04 Å². The first-order valence-electron chi connectivity index (χ1n) is 9.26. The van der Waals surface area contributed by atoms with Gasteiger partial charge in [-0.25, -0.2) is 0 Å². The molecule has 1 aromatic heterocycles. The molecule has 0 saturated heterocycles. The predicted molar refractivity (Wildman–Crippen MR) is 119 cm³/mol. The van der Waals surface area contributed by atoms with Crippen LogP contribution < -0.4 is 11.1 Å². The van der Waals surface area contributed by atoms with Crippen molar-refractivity contribution in [2.45, 2.75) is 25.6 Å². The van der Waals surface area contributed by atoms with E-state index in [2.05, 4.69) is 21.2 Å². The van der Waals surface area contributed by atoms with Crippen molar-refractivity contribution in [3.05, 3.63) is 86.0 Å². The van der Waals surface area contributed by atoms with Gasteiger partial charge < -0.3 is 16.0 Å². The third kappa shape index (κ3) is 4.58. The minimum Gasteiger partial charge on any atom is -0.333 e. The van der Waals surface area contributed by atoms with Crippen molar-refractivity contribution >= 4 is 44.8 Å². The van der Waals surface area contributed by atoms with E-state index in [1.54, 1.807) is 28.4 Å². The number of anilines is 1.